The molecule has 0 unspecified atom stereocenters. The standard InChI is InChI=1S/C22H23ClN4O3S/c1-3-9-30-22(29)27-8-7-26(13-14(27)2)21(28)15-4-5-16-17(23)12-19(25-18(16)11-15)20-24-6-10-31-20/h4-6,10-12,14H,3,7-9,13H2,1-2H3/t14-/m1/s1. The van der Waals surface area contributed by atoms with Gasteiger partial charge in [-0.3, -0.25) is 4.79 Å². The fourth-order valence-electron chi connectivity index (χ4n) is 3.65. The fraction of sp³-hybridized carbons (Fsp3) is 0.364. The van der Waals surface area contributed by atoms with Crippen LogP contribution in [0, 0.1) is 0 Å². The average molecular weight is 459 g/mol. The first kappa shape index (κ1) is 21.5. The number of amides is 2. The van der Waals surface area contributed by atoms with Gasteiger partial charge in [-0.1, -0.05) is 24.6 Å². The Kier molecular flexibility index (Phi) is 6.38. The maximum atomic E-state index is 13.2. The molecule has 2 amide bonds. The SMILES string of the molecule is CCCOC(=O)N1CCN(C(=O)c2ccc3c(Cl)cc(-c4nccs4)nc3c2)C[C@H]1C. The number of pyridine rings is 1. The van der Waals surface area contributed by atoms with Crippen molar-refractivity contribution in [2.45, 2.75) is 26.3 Å². The smallest absolute Gasteiger partial charge is 0.410 e. The number of hydrogen-bond donors (Lipinski definition) is 0. The molecule has 0 N–H and O–H groups in total. The first-order valence-electron chi connectivity index (χ1n) is 10.2. The largest absolute Gasteiger partial charge is 0.449 e. The van der Waals surface area contributed by atoms with Crippen molar-refractivity contribution in [1.82, 2.24) is 19.8 Å². The van der Waals surface area contributed by atoms with Crippen molar-refractivity contribution >= 4 is 45.8 Å². The van der Waals surface area contributed by atoms with Gasteiger partial charge < -0.3 is 14.5 Å². The lowest BCUT2D eigenvalue weighted by Gasteiger charge is -2.39. The van der Waals surface area contributed by atoms with Crippen LogP contribution in [0.1, 0.15) is 30.6 Å². The van der Waals surface area contributed by atoms with Gasteiger partial charge in [0.1, 0.15) is 10.7 Å². The van der Waals surface area contributed by atoms with Gasteiger partial charge in [0.25, 0.3) is 5.91 Å². The highest BCUT2D eigenvalue weighted by molar-refractivity contribution is 7.13. The van der Waals surface area contributed by atoms with Crippen LogP contribution >= 0.6 is 22.9 Å². The zero-order chi connectivity index (χ0) is 22.0. The zero-order valence-corrected chi connectivity index (χ0v) is 18.9. The number of nitrogens with zero attached hydrogens (tertiary/aromatic N) is 4. The van der Waals surface area contributed by atoms with Gasteiger partial charge in [-0.25, -0.2) is 14.8 Å². The van der Waals surface area contributed by atoms with E-state index in [4.69, 9.17) is 16.3 Å². The van der Waals surface area contributed by atoms with Gasteiger partial charge in [0.15, 0.2) is 0 Å². The number of hydrogen-bond acceptors (Lipinski definition) is 6. The summed E-state index contributed by atoms with van der Waals surface area (Å²) < 4.78 is 5.24. The van der Waals surface area contributed by atoms with E-state index < -0.39 is 0 Å². The van der Waals surface area contributed by atoms with E-state index in [2.05, 4.69) is 9.97 Å². The highest BCUT2D eigenvalue weighted by atomic mass is 35.5. The molecule has 0 aliphatic carbocycles. The van der Waals surface area contributed by atoms with E-state index in [9.17, 15) is 9.59 Å². The van der Waals surface area contributed by atoms with Crippen LogP contribution in [0.4, 0.5) is 4.79 Å². The number of halogens is 1. The molecule has 1 aromatic carbocycles. The highest BCUT2D eigenvalue weighted by Crippen LogP contribution is 2.30. The van der Waals surface area contributed by atoms with Crippen molar-refractivity contribution in [3.8, 4) is 10.7 Å². The molecule has 1 atom stereocenters. The summed E-state index contributed by atoms with van der Waals surface area (Å²) in [7, 11) is 0. The Labute approximate surface area is 189 Å². The third kappa shape index (κ3) is 4.50. The second-order valence-electron chi connectivity index (χ2n) is 7.47. The third-order valence-corrected chi connectivity index (χ3v) is 6.34. The van der Waals surface area contributed by atoms with Gasteiger partial charge in [0.05, 0.1) is 17.1 Å². The number of aromatic nitrogens is 2. The van der Waals surface area contributed by atoms with Gasteiger partial charge in [-0.05, 0) is 31.5 Å². The molecule has 3 aromatic rings. The predicted octanol–water partition coefficient (Wildman–Crippen LogP) is 4.70. The summed E-state index contributed by atoms with van der Waals surface area (Å²) in [5, 5.41) is 4.02. The third-order valence-electron chi connectivity index (χ3n) is 5.24. The Bertz CT molecular complexity index is 1110. The number of piperazine rings is 1. The van der Waals surface area contributed by atoms with E-state index in [0.29, 0.717) is 48.0 Å². The molecule has 31 heavy (non-hydrogen) atoms. The Morgan fingerprint density at radius 2 is 2.13 bits per heavy atom. The van der Waals surface area contributed by atoms with Gasteiger partial charge in [-0.15, -0.1) is 11.3 Å². The molecule has 0 saturated carbocycles. The molecule has 2 aromatic heterocycles. The minimum absolute atomic E-state index is 0.0899. The number of fused-ring (bicyclic) bond motifs is 1. The lowest BCUT2D eigenvalue weighted by molar-refractivity contribution is 0.0412. The predicted molar refractivity (Wildman–Crippen MR) is 122 cm³/mol. The molecule has 1 aliphatic heterocycles. The van der Waals surface area contributed by atoms with Crippen molar-refractivity contribution in [2.24, 2.45) is 0 Å². The Morgan fingerprint density at radius 1 is 1.29 bits per heavy atom. The molecule has 0 radical (unpaired) electrons. The molecular formula is C22H23ClN4O3S. The maximum absolute atomic E-state index is 13.2. The molecule has 0 bridgehead atoms. The van der Waals surface area contributed by atoms with Crippen LogP contribution in [0.2, 0.25) is 5.02 Å². The van der Waals surface area contributed by atoms with Gasteiger partial charge >= 0.3 is 6.09 Å². The maximum Gasteiger partial charge on any atom is 0.410 e. The monoisotopic (exact) mass is 458 g/mol. The fourth-order valence-corrected chi connectivity index (χ4v) is 4.51. The summed E-state index contributed by atoms with van der Waals surface area (Å²) in [6.07, 6.45) is 2.18. The lowest BCUT2D eigenvalue weighted by Crippen LogP contribution is -2.55. The van der Waals surface area contributed by atoms with Crippen molar-refractivity contribution < 1.29 is 14.3 Å². The molecular weight excluding hydrogens is 436 g/mol. The van der Waals surface area contributed by atoms with Crippen molar-refractivity contribution in [3.63, 3.8) is 0 Å². The molecule has 7 nitrogen and oxygen atoms in total. The molecule has 4 rings (SSSR count). The van der Waals surface area contributed by atoms with E-state index in [1.165, 1.54) is 11.3 Å². The van der Waals surface area contributed by atoms with E-state index in [1.807, 2.05) is 25.3 Å². The lowest BCUT2D eigenvalue weighted by atomic mass is 10.1. The van der Waals surface area contributed by atoms with E-state index in [0.717, 1.165) is 16.8 Å². The highest BCUT2D eigenvalue weighted by Gasteiger charge is 2.31. The van der Waals surface area contributed by atoms with Gasteiger partial charge in [-0.2, -0.15) is 0 Å². The number of carbonyl (C=O) groups excluding carboxylic acids is 2. The first-order chi connectivity index (χ1) is 15.0. The average Bonchev–Trinajstić information content (AvgIpc) is 3.31. The number of carbonyl (C=O) groups is 2. The molecule has 1 aliphatic rings. The summed E-state index contributed by atoms with van der Waals surface area (Å²) in [6, 6.07) is 7.04. The van der Waals surface area contributed by atoms with E-state index >= 15 is 0 Å². The summed E-state index contributed by atoms with van der Waals surface area (Å²) in [5.74, 6) is -0.0899. The molecule has 3 heterocycles. The van der Waals surface area contributed by atoms with E-state index in [-0.39, 0.29) is 18.0 Å². The zero-order valence-electron chi connectivity index (χ0n) is 17.4. The normalized spacial score (nSPS) is 16.5. The van der Waals surface area contributed by atoms with Crippen LogP contribution in [0.3, 0.4) is 0 Å². The number of thiazole rings is 1. The van der Waals surface area contributed by atoms with Crippen molar-refractivity contribution in [2.75, 3.05) is 26.2 Å². The quantitative estimate of drug-likeness (QED) is 0.566. The number of ether oxygens (including phenoxy) is 1. The Hall–Kier alpha value is -2.71. The minimum Gasteiger partial charge on any atom is -0.449 e. The van der Waals surface area contributed by atoms with Crippen molar-refractivity contribution in [1.29, 1.82) is 0 Å². The summed E-state index contributed by atoms with van der Waals surface area (Å²) in [4.78, 5) is 37.8. The summed E-state index contributed by atoms with van der Waals surface area (Å²) in [5.41, 5.74) is 1.88. The second-order valence-corrected chi connectivity index (χ2v) is 8.77. The van der Waals surface area contributed by atoms with Crippen LogP contribution in [-0.2, 0) is 4.74 Å². The van der Waals surface area contributed by atoms with Gasteiger partial charge in [0.2, 0.25) is 0 Å². The second kappa shape index (κ2) is 9.20. The summed E-state index contributed by atoms with van der Waals surface area (Å²) in [6.45, 7) is 5.64. The van der Waals surface area contributed by atoms with Crippen LogP contribution < -0.4 is 0 Å². The van der Waals surface area contributed by atoms with Crippen LogP contribution in [0.25, 0.3) is 21.6 Å². The molecule has 0 spiro atoms. The Balaban J connectivity index is 1.53. The minimum atomic E-state index is -0.319. The van der Waals surface area contributed by atoms with Crippen LogP contribution in [-0.4, -0.2) is 64.1 Å². The molecule has 162 valence electrons. The van der Waals surface area contributed by atoms with Crippen LogP contribution in [0.5, 0.6) is 0 Å². The number of benzene rings is 1. The first-order valence-corrected chi connectivity index (χ1v) is 11.5. The van der Waals surface area contributed by atoms with Gasteiger partial charge in [0, 0.05) is 48.2 Å². The molecule has 9 heteroatoms. The van der Waals surface area contributed by atoms with Crippen LogP contribution in [0.15, 0.2) is 35.8 Å². The molecule has 1 fully saturated rings. The number of rotatable bonds is 4. The molecule has 1 saturated heterocycles. The van der Waals surface area contributed by atoms with E-state index in [1.54, 1.807) is 34.2 Å². The van der Waals surface area contributed by atoms with Crippen molar-refractivity contribution in [3.05, 3.63) is 46.4 Å². The summed E-state index contributed by atoms with van der Waals surface area (Å²) >= 11 is 7.94. The topological polar surface area (TPSA) is 75.6 Å². The Morgan fingerprint density at radius 3 is 2.84 bits per heavy atom.